The highest BCUT2D eigenvalue weighted by molar-refractivity contribution is 5.67. The lowest BCUT2D eigenvalue weighted by atomic mass is 10.7. The van der Waals surface area contributed by atoms with Gasteiger partial charge in [-0.1, -0.05) is 0 Å². The molecule has 0 unspecified atom stereocenters. The lowest BCUT2D eigenvalue weighted by molar-refractivity contribution is 0.0515. The molecule has 1 aliphatic heterocycles. The Morgan fingerprint density at radius 2 is 2.18 bits per heavy atom. The Balaban J connectivity index is 2.33. The van der Waals surface area contributed by atoms with Crippen LogP contribution in [0.5, 0.6) is 0 Å². The molecule has 1 rings (SSSR count). The van der Waals surface area contributed by atoms with Crippen LogP contribution in [0.3, 0.4) is 0 Å². The third kappa shape index (κ3) is 2.08. The summed E-state index contributed by atoms with van der Waals surface area (Å²) in [5.41, 5.74) is 0. The first-order valence-corrected chi connectivity index (χ1v) is 3.98. The average molecular weight is 158 g/mol. The summed E-state index contributed by atoms with van der Waals surface area (Å²) >= 11 is 0. The maximum atomic E-state index is 11.1. The zero-order valence-corrected chi connectivity index (χ0v) is 7.04. The van der Waals surface area contributed by atoms with Gasteiger partial charge in [0.15, 0.2) is 0 Å². The highest BCUT2D eigenvalue weighted by atomic mass is 16.6. The minimum atomic E-state index is -0.229. The molecule has 0 saturated carbocycles. The zero-order chi connectivity index (χ0) is 8.27. The Labute approximate surface area is 66.7 Å². The van der Waals surface area contributed by atoms with Crippen molar-refractivity contribution in [3.8, 4) is 0 Å². The Morgan fingerprint density at radius 1 is 1.55 bits per heavy atom. The predicted molar refractivity (Wildman–Crippen MR) is 41.0 cm³/mol. The molecular formula is C7H14N2O2. The van der Waals surface area contributed by atoms with E-state index in [-0.39, 0.29) is 6.09 Å². The third-order valence-corrected chi connectivity index (χ3v) is 1.54. The van der Waals surface area contributed by atoms with Crippen LogP contribution >= 0.6 is 0 Å². The maximum absolute atomic E-state index is 11.1. The molecule has 1 amide bonds. The molecule has 1 aliphatic rings. The highest BCUT2D eigenvalue weighted by Crippen LogP contribution is 2.10. The normalized spacial score (nSPS) is 16.2. The molecule has 4 nitrogen and oxygen atoms in total. The van der Waals surface area contributed by atoms with E-state index in [1.807, 2.05) is 18.9 Å². The second kappa shape index (κ2) is 3.57. The molecule has 0 aliphatic carbocycles. The first-order chi connectivity index (χ1) is 5.29. The third-order valence-electron chi connectivity index (χ3n) is 1.54. The molecule has 1 saturated heterocycles. The summed E-state index contributed by atoms with van der Waals surface area (Å²) < 4.78 is 4.84. The molecule has 4 heteroatoms. The summed E-state index contributed by atoms with van der Waals surface area (Å²) in [6.45, 7) is 6.85. The van der Waals surface area contributed by atoms with Gasteiger partial charge in [-0.3, -0.25) is 0 Å². The Hall–Kier alpha value is -0.770. The van der Waals surface area contributed by atoms with Crippen LogP contribution in [-0.4, -0.2) is 42.4 Å². The molecule has 0 aromatic rings. The van der Waals surface area contributed by atoms with Gasteiger partial charge in [0, 0.05) is 19.6 Å². The van der Waals surface area contributed by atoms with Gasteiger partial charge in [0.1, 0.15) is 0 Å². The van der Waals surface area contributed by atoms with E-state index in [1.54, 1.807) is 5.01 Å². The summed E-state index contributed by atoms with van der Waals surface area (Å²) in [6, 6.07) is 0. The number of hydrogen-bond acceptors (Lipinski definition) is 3. The van der Waals surface area contributed by atoms with Gasteiger partial charge in [-0.2, -0.15) is 0 Å². The summed E-state index contributed by atoms with van der Waals surface area (Å²) in [5, 5.41) is 3.58. The fourth-order valence-electron chi connectivity index (χ4n) is 0.929. The molecule has 1 heterocycles. The Bertz CT molecular complexity index is 145. The van der Waals surface area contributed by atoms with Gasteiger partial charge >= 0.3 is 6.09 Å². The van der Waals surface area contributed by atoms with Crippen LogP contribution in [0.25, 0.3) is 0 Å². The smallest absolute Gasteiger partial charge is 0.424 e. The van der Waals surface area contributed by atoms with Crippen LogP contribution in [0.2, 0.25) is 0 Å². The molecule has 1 fully saturated rings. The van der Waals surface area contributed by atoms with Gasteiger partial charge < -0.3 is 4.74 Å². The zero-order valence-electron chi connectivity index (χ0n) is 7.04. The van der Waals surface area contributed by atoms with Crippen molar-refractivity contribution in [2.75, 3.05) is 26.2 Å². The van der Waals surface area contributed by atoms with Crippen LogP contribution in [-0.2, 0) is 4.74 Å². The Kier molecular flexibility index (Phi) is 2.70. The van der Waals surface area contributed by atoms with Gasteiger partial charge in [0.2, 0.25) is 0 Å². The van der Waals surface area contributed by atoms with Crippen molar-refractivity contribution in [1.29, 1.82) is 0 Å². The summed E-state index contributed by atoms with van der Waals surface area (Å²) in [4.78, 5) is 11.1. The largest absolute Gasteiger partial charge is 0.449 e. The van der Waals surface area contributed by atoms with Gasteiger partial charge in [0.05, 0.1) is 6.61 Å². The number of carbonyl (C=O) groups excluding carboxylic acids is 1. The second-order valence-corrected chi connectivity index (χ2v) is 2.37. The average Bonchev–Trinajstić information content (AvgIpc) is 2.73. The van der Waals surface area contributed by atoms with Crippen LogP contribution in [0.15, 0.2) is 0 Å². The van der Waals surface area contributed by atoms with Crippen LogP contribution in [0, 0.1) is 0 Å². The Morgan fingerprint density at radius 3 is 2.55 bits per heavy atom. The van der Waals surface area contributed by atoms with Gasteiger partial charge in [0.25, 0.3) is 0 Å². The lowest BCUT2D eigenvalue weighted by Gasteiger charge is -2.19. The van der Waals surface area contributed by atoms with Gasteiger partial charge in [-0.05, 0) is 13.8 Å². The monoisotopic (exact) mass is 158 g/mol. The van der Waals surface area contributed by atoms with Crippen molar-refractivity contribution in [3.63, 3.8) is 0 Å². The van der Waals surface area contributed by atoms with E-state index in [1.165, 1.54) is 0 Å². The number of hydrazine groups is 1. The van der Waals surface area contributed by atoms with Crippen molar-refractivity contribution in [2.24, 2.45) is 0 Å². The van der Waals surface area contributed by atoms with Crippen LogP contribution in [0.4, 0.5) is 4.79 Å². The number of ether oxygens (including phenoxy) is 1. The van der Waals surface area contributed by atoms with E-state index in [0.29, 0.717) is 13.2 Å². The molecule has 0 atom stereocenters. The summed E-state index contributed by atoms with van der Waals surface area (Å²) in [5.74, 6) is 0. The fraction of sp³-hybridized carbons (Fsp3) is 0.857. The molecule has 11 heavy (non-hydrogen) atoms. The highest BCUT2D eigenvalue weighted by Gasteiger charge is 2.28. The van der Waals surface area contributed by atoms with E-state index in [2.05, 4.69) is 0 Å². The number of nitrogens with zero attached hydrogens (tertiary/aromatic N) is 2. The summed E-state index contributed by atoms with van der Waals surface area (Å²) in [7, 11) is 0. The van der Waals surface area contributed by atoms with E-state index in [4.69, 9.17) is 4.74 Å². The molecule has 64 valence electrons. The van der Waals surface area contributed by atoms with Crippen molar-refractivity contribution in [3.05, 3.63) is 0 Å². The second-order valence-electron chi connectivity index (χ2n) is 2.37. The van der Waals surface area contributed by atoms with Crippen LogP contribution < -0.4 is 0 Å². The number of amides is 1. The molecule has 0 N–H and O–H groups in total. The molecular weight excluding hydrogens is 144 g/mol. The topological polar surface area (TPSA) is 32.5 Å². The quantitative estimate of drug-likeness (QED) is 0.567. The maximum Gasteiger partial charge on any atom is 0.424 e. The van der Waals surface area contributed by atoms with E-state index < -0.39 is 0 Å². The van der Waals surface area contributed by atoms with Crippen molar-refractivity contribution < 1.29 is 9.53 Å². The van der Waals surface area contributed by atoms with E-state index >= 15 is 0 Å². The standard InChI is InChI=1S/C7H14N2O2/c1-3-9(8-5-6-8)7(10)11-4-2/h3-6H2,1-2H3. The van der Waals surface area contributed by atoms with E-state index in [9.17, 15) is 4.79 Å². The first-order valence-electron chi connectivity index (χ1n) is 3.98. The van der Waals surface area contributed by atoms with Crippen LogP contribution in [0.1, 0.15) is 13.8 Å². The number of hydrogen-bond donors (Lipinski definition) is 0. The first kappa shape index (κ1) is 8.33. The number of carbonyl (C=O) groups is 1. The SMILES string of the molecule is CCOC(=O)N(CC)N1CC1. The number of rotatable bonds is 3. The van der Waals surface area contributed by atoms with Crippen molar-refractivity contribution in [2.45, 2.75) is 13.8 Å². The molecule has 0 aromatic heterocycles. The molecule has 0 aromatic carbocycles. The van der Waals surface area contributed by atoms with Crippen molar-refractivity contribution >= 4 is 6.09 Å². The van der Waals surface area contributed by atoms with Gasteiger partial charge in [-0.15, -0.1) is 0 Å². The minimum Gasteiger partial charge on any atom is -0.449 e. The lowest BCUT2D eigenvalue weighted by Crippen LogP contribution is -2.36. The van der Waals surface area contributed by atoms with Gasteiger partial charge in [-0.25, -0.2) is 14.8 Å². The summed E-state index contributed by atoms with van der Waals surface area (Å²) in [6.07, 6.45) is -0.229. The molecule has 0 bridgehead atoms. The fourth-order valence-corrected chi connectivity index (χ4v) is 0.929. The molecule has 0 radical (unpaired) electrons. The molecule has 0 spiro atoms. The predicted octanol–water partition coefficient (Wildman–Crippen LogP) is 0.695. The van der Waals surface area contributed by atoms with E-state index in [0.717, 1.165) is 13.1 Å². The minimum absolute atomic E-state index is 0.229. The van der Waals surface area contributed by atoms with Crippen molar-refractivity contribution in [1.82, 2.24) is 10.0 Å².